The number of benzene rings is 1. The van der Waals surface area contributed by atoms with Gasteiger partial charge in [-0.25, -0.2) is 28.5 Å². The fourth-order valence-electron chi connectivity index (χ4n) is 3.10. The molecule has 1 unspecified atom stereocenters. The van der Waals surface area contributed by atoms with Gasteiger partial charge in [-0.2, -0.15) is 5.10 Å². The third-order valence-corrected chi connectivity index (χ3v) is 4.34. The van der Waals surface area contributed by atoms with Crippen LogP contribution in [0, 0.1) is 17.6 Å². The van der Waals surface area contributed by atoms with Crippen molar-refractivity contribution in [3.05, 3.63) is 48.1 Å². The van der Waals surface area contributed by atoms with E-state index in [1.807, 2.05) is 0 Å². The highest BCUT2D eigenvalue weighted by Crippen LogP contribution is 2.31. The van der Waals surface area contributed by atoms with E-state index in [1.54, 1.807) is 14.1 Å². The van der Waals surface area contributed by atoms with Gasteiger partial charge in [0, 0.05) is 17.5 Å². The monoisotopic (exact) mass is 366 g/mol. The lowest BCUT2D eigenvalue weighted by Gasteiger charge is -2.37. The second kappa shape index (κ2) is 6.73. The number of aromatic nitrogens is 3. The summed E-state index contributed by atoms with van der Waals surface area (Å²) in [4.78, 5) is 15.9. The van der Waals surface area contributed by atoms with Crippen molar-refractivity contribution < 1.29 is 23.3 Å². The van der Waals surface area contributed by atoms with Crippen LogP contribution in [0.2, 0.25) is 0 Å². The third kappa shape index (κ3) is 4.23. The van der Waals surface area contributed by atoms with E-state index in [0.717, 1.165) is 25.0 Å². The van der Waals surface area contributed by atoms with Crippen molar-refractivity contribution in [1.82, 2.24) is 20.2 Å². The number of nitrogens with zero attached hydrogens (tertiary/aromatic N) is 4. The minimum Gasteiger partial charge on any atom is -0.377 e. The fraction of sp³-hybridized carbons (Fsp3) is 0.471. The van der Waals surface area contributed by atoms with E-state index in [9.17, 15) is 18.7 Å². The average molecular weight is 366 g/mol. The van der Waals surface area contributed by atoms with Crippen molar-refractivity contribution in [3.8, 4) is 0 Å². The number of halogens is 2. The number of quaternary nitrogens is 1. The number of hydrogen-bond acceptors (Lipinski definition) is 4. The number of carbonyl (C=O) groups is 1. The van der Waals surface area contributed by atoms with Crippen LogP contribution < -0.4 is 5.43 Å². The van der Waals surface area contributed by atoms with Crippen molar-refractivity contribution in [2.45, 2.75) is 25.0 Å². The molecule has 0 spiro atoms. The molecule has 2 aromatic rings. The Balaban J connectivity index is 1.90. The first-order valence-corrected chi connectivity index (χ1v) is 8.34. The number of aliphatic hydroxyl groups is 1. The van der Waals surface area contributed by atoms with Gasteiger partial charge in [0.15, 0.2) is 5.60 Å². The highest BCUT2D eigenvalue weighted by molar-refractivity contribution is 5.79. The largest absolute Gasteiger partial charge is 0.377 e. The van der Waals surface area contributed by atoms with Crippen LogP contribution in [0.15, 0.2) is 30.9 Å². The van der Waals surface area contributed by atoms with Crippen molar-refractivity contribution in [2.75, 3.05) is 20.6 Å². The predicted octanol–water partition coefficient (Wildman–Crippen LogP) is 0.962. The molecule has 140 valence electrons. The van der Waals surface area contributed by atoms with E-state index in [0.29, 0.717) is 0 Å². The van der Waals surface area contributed by atoms with Crippen molar-refractivity contribution in [2.24, 2.45) is 5.92 Å². The average Bonchev–Trinajstić information content (AvgIpc) is 3.25. The molecule has 1 aromatic heterocycles. The minimum absolute atomic E-state index is 0.00151. The van der Waals surface area contributed by atoms with Gasteiger partial charge in [-0.3, -0.25) is 4.79 Å². The summed E-state index contributed by atoms with van der Waals surface area (Å²) in [5.74, 6) is -1.69. The summed E-state index contributed by atoms with van der Waals surface area (Å²) < 4.78 is 29.0. The second-order valence-electron chi connectivity index (χ2n) is 7.34. The molecule has 1 saturated carbocycles. The van der Waals surface area contributed by atoms with Crippen LogP contribution in [0.3, 0.4) is 0 Å². The first-order chi connectivity index (χ1) is 12.2. The van der Waals surface area contributed by atoms with Gasteiger partial charge in [0.2, 0.25) is 0 Å². The summed E-state index contributed by atoms with van der Waals surface area (Å²) in [7, 11) is 3.40. The molecule has 1 aromatic carbocycles. The van der Waals surface area contributed by atoms with Crippen molar-refractivity contribution >= 4 is 5.91 Å². The molecule has 0 radical (unpaired) electrons. The maximum atomic E-state index is 14.4. The Hall–Kier alpha value is -2.39. The standard InChI is InChI=1S/C17H21F2N5O2/c1-24(2,22-16(25)12-3-4-12)9-17(26,8-23-11-20-10-21-23)14-6-5-13(18)7-15(14)19/h5-7,10-12,26H,3-4,8-9H2,1-2H3/p+1. The molecule has 2 N–H and O–H groups in total. The summed E-state index contributed by atoms with van der Waals surface area (Å²) in [5.41, 5.74) is 1.04. The summed E-state index contributed by atoms with van der Waals surface area (Å²) in [6.07, 6.45) is 4.40. The van der Waals surface area contributed by atoms with Gasteiger partial charge in [0.25, 0.3) is 5.91 Å². The number of amides is 1. The molecule has 1 aliphatic carbocycles. The molecule has 1 atom stereocenters. The van der Waals surface area contributed by atoms with E-state index in [2.05, 4.69) is 15.5 Å². The lowest BCUT2D eigenvalue weighted by atomic mass is 9.92. The SMILES string of the molecule is C[N+](C)(CC(O)(Cn1cncn1)c1ccc(F)cc1F)NC(=O)C1CC1. The molecule has 1 fully saturated rings. The highest BCUT2D eigenvalue weighted by atomic mass is 19.1. The molecule has 26 heavy (non-hydrogen) atoms. The lowest BCUT2D eigenvalue weighted by molar-refractivity contribution is -0.932. The molecule has 1 heterocycles. The first-order valence-electron chi connectivity index (χ1n) is 8.34. The predicted molar refractivity (Wildman–Crippen MR) is 88.1 cm³/mol. The molecular formula is C17H22F2N5O2+. The van der Waals surface area contributed by atoms with Gasteiger partial charge in [0.05, 0.1) is 20.6 Å². The molecule has 0 bridgehead atoms. The van der Waals surface area contributed by atoms with E-state index >= 15 is 0 Å². The van der Waals surface area contributed by atoms with Crippen LogP contribution in [0.1, 0.15) is 18.4 Å². The van der Waals surface area contributed by atoms with Crippen LogP contribution in [-0.2, 0) is 16.9 Å². The Morgan fingerprint density at radius 1 is 1.42 bits per heavy atom. The third-order valence-electron chi connectivity index (χ3n) is 4.34. The van der Waals surface area contributed by atoms with Gasteiger partial charge in [0.1, 0.15) is 30.8 Å². The zero-order chi connectivity index (χ0) is 18.9. The van der Waals surface area contributed by atoms with Crippen LogP contribution in [0.4, 0.5) is 8.78 Å². The zero-order valence-corrected chi connectivity index (χ0v) is 14.7. The molecule has 0 aliphatic heterocycles. The Morgan fingerprint density at radius 2 is 2.15 bits per heavy atom. The number of carbonyl (C=O) groups excluding carboxylic acids is 1. The molecule has 3 rings (SSSR count). The Morgan fingerprint density at radius 3 is 2.73 bits per heavy atom. The number of hydrogen-bond donors (Lipinski definition) is 2. The van der Waals surface area contributed by atoms with E-state index in [-0.39, 0.29) is 35.1 Å². The lowest BCUT2D eigenvalue weighted by Crippen LogP contribution is -2.61. The number of nitrogens with one attached hydrogen (secondary N) is 1. The quantitative estimate of drug-likeness (QED) is 0.565. The van der Waals surface area contributed by atoms with E-state index in [1.165, 1.54) is 23.4 Å². The van der Waals surface area contributed by atoms with Crippen LogP contribution in [0.25, 0.3) is 0 Å². The maximum Gasteiger partial charge on any atom is 0.268 e. The van der Waals surface area contributed by atoms with E-state index < -0.39 is 17.2 Å². The first kappa shape index (κ1) is 18.4. The summed E-state index contributed by atoms with van der Waals surface area (Å²) in [6, 6.07) is 3.03. The number of likely N-dealkylation sites (N-methyl/N-ethyl adjacent to an activating group) is 1. The zero-order valence-electron chi connectivity index (χ0n) is 14.7. The van der Waals surface area contributed by atoms with Gasteiger partial charge in [-0.05, 0) is 25.0 Å². The molecular weight excluding hydrogens is 344 g/mol. The molecule has 0 saturated heterocycles. The normalized spacial score (nSPS) is 17.0. The topological polar surface area (TPSA) is 80.0 Å². The highest BCUT2D eigenvalue weighted by Gasteiger charge is 2.42. The van der Waals surface area contributed by atoms with Crippen molar-refractivity contribution in [1.29, 1.82) is 0 Å². The molecule has 1 aliphatic rings. The summed E-state index contributed by atoms with van der Waals surface area (Å²) in [6.45, 7) is -0.148. The molecule has 9 heteroatoms. The van der Waals surface area contributed by atoms with Crippen LogP contribution in [0.5, 0.6) is 0 Å². The summed E-state index contributed by atoms with van der Waals surface area (Å²) in [5, 5.41) is 15.3. The molecule has 1 amide bonds. The maximum absolute atomic E-state index is 14.4. The van der Waals surface area contributed by atoms with Crippen molar-refractivity contribution in [3.63, 3.8) is 0 Å². The summed E-state index contributed by atoms with van der Waals surface area (Å²) >= 11 is 0. The second-order valence-corrected chi connectivity index (χ2v) is 7.34. The minimum atomic E-state index is -1.74. The van der Waals surface area contributed by atoms with Crippen LogP contribution in [-0.4, -0.2) is 51.0 Å². The Labute approximate surface area is 149 Å². The Bertz CT molecular complexity index is 792. The van der Waals surface area contributed by atoms with Gasteiger partial charge in [-0.1, -0.05) is 0 Å². The fourth-order valence-corrected chi connectivity index (χ4v) is 3.10. The van der Waals surface area contributed by atoms with E-state index in [4.69, 9.17) is 0 Å². The van der Waals surface area contributed by atoms with Crippen LogP contribution >= 0.6 is 0 Å². The van der Waals surface area contributed by atoms with Gasteiger partial charge >= 0.3 is 0 Å². The van der Waals surface area contributed by atoms with Gasteiger partial charge in [-0.15, -0.1) is 0 Å². The Kier molecular flexibility index (Phi) is 4.76. The number of rotatable bonds is 7. The van der Waals surface area contributed by atoms with Gasteiger partial charge < -0.3 is 5.11 Å². The smallest absolute Gasteiger partial charge is 0.268 e. The molecule has 7 nitrogen and oxygen atoms in total.